The van der Waals surface area contributed by atoms with Gasteiger partial charge in [-0.25, -0.2) is 0 Å². The van der Waals surface area contributed by atoms with Crippen LogP contribution in [0, 0.1) is 13.8 Å². The van der Waals surface area contributed by atoms with Gasteiger partial charge in [-0.2, -0.15) is 5.10 Å². The lowest BCUT2D eigenvalue weighted by Crippen LogP contribution is -2.30. The highest BCUT2D eigenvalue weighted by molar-refractivity contribution is 5.69. The molecule has 1 aromatic heterocycles. The standard InChI is InChI=1S/C13H23N3O2/c1-10(9-13(17)18-4)14-6-5-7-16-12(3)8-11(2)15-16/h8,10,14H,5-7,9H2,1-4H3. The lowest BCUT2D eigenvalue weighted by Gasteiger charge is -2.12. The van der Waals surface area contributed by atoms with Gasteiger partial charge in [-0.15, -0.1) is 0 Å². The summed E-state index contributed by atoms with van der Waals surface area (Å²) >= 11 is 0. The molecule has 0 saturated carbocycles. The van der Waals surface area contributed by atoms with Gasteiger partial charge in [-0.3, -0.25) is 9.48 Å². The molecule has 0 aliphatic heterocycles. The average molecular weight is 253 g/mol. The van der Waals surface area contributed by atoms with Crippen LogP contribution < -0.4 is 5.32 Å². The van der Waals surface area contributed by atoms with E-state index in [0.29, 0.717) is 6.42 Å². The molecule has 1 atom stereocenters. The van der Waals surface area contributed by atoms with Gasteiger partial charge < -0.3 is 10.1 Å². The Morgan fingerprint density at radius 3 is 2.83 bits per heavy atom. The number of ether oxygens (including phenoxy) is 1. The number of nitrogens with zero attached hydrogens (tertiary/aromatic N) is 2. The van der Waals surface area contributed by atoms with Gasteiger partial charge in [0, 0.05) is 18.3 Å². The van der Waals surface area contributed by atoms with Crippen molar-refractivity contribution in [2.24, 2.45) is 0 Å². The second-order valence-electron chi connectivity index (χ2n) is 4.64. The lowest BCUT2D eigenvalue weighted by molar-refractivity contribution is -0.141. The van der Waals surface area contributed by atoms with Gasteiger partial charge in [-0.05, 0) is 39.8 Å². The molecule has 18 heavy (non-hydrogen) atoms. The van der Waals surface area contributed by atoms with Gasteiger partial charge in [0.2, 0.25) is 0 Å². The summed E-state index contributed by atoms with van der Waals surface area (Å²) in [5.41, 5.74) is 2.25. The van der Waals surface area contributed by atoms with Crippen molar-refractivity contribution in [1.82, 2.24) is 15.1 Å². The summed E-state index contributed by atoms with van der Waals surface area (Å²) in [5, 5.41) is 7.71. The Bertz CT molecular complexity index is 388. The predicted molar refractivity (Wildman–Crippen MR) is 70.4 cm³/mol. The molecule has 0 fully saturated rings. The molecule has 0 aliphatic rings. The van der Waals surface area contributed by atoms with Crippen LogP contribution in [0.25, 0.3) is 0 Å². The number of aryl methyl sites for hydroxylation is 3. The molecule has 0 saturated heterocycles. The normalized spacial score (nSPS) is 12.4. The van der Waals surface area contributed by atoms with Gasteiger partial charge >= 0.3 is 5.97 Å². The van der Waals surface area contributed by atoms with E-state index in [9.17, 15) is 4.79 Å². The molecule has 5 heteroatoms. The fraction of sp³-hybridized carbons (Fsp3) is 0.692. The number of methoxy groups -OCH3 is 1. The summed E-state index contributed by atoms with van der Waals surface area (Å²) in [6.07, 6.45) is 1.41. The van der Waals surface area contributed by atoms with Crippen molar-refractivity contribution in [1.29, 1.82) is 0 Å². The first-order valence-electron chi connectivity index (χ1n) is 6.34. The number of aromatic nitrogens is 2. The molecule has 102 valence electrons. The quantitative estimate of drug-likeness (QED) is 0.590. The minimum Gasteiger partial charge on any atom is -0.469 e. The third kappa shape index (κ3) is 4.87. The summed E-state index contributed by atoms with van der Waals surface area (Å²) in [6, 6.07) is 2.23. The molecule has 0 aromatic carbocycles. The molecule has 0 spiro atoms. The fourth-order valence-electron chi connectivity index (χ4n) is 1.88. The Kier molecular flexibility index (Phi) is 5.85. The summed E-state index contributed by atoms with van der Waals surface area (Å²) < 4.78 is 6.64. The first-order valence-corrected chi connectivity index (χ1v) is 6.34. The van der Waals surface area contributed by atoms with Crippen molar-refractivity contribution in [3.05, 3.63) is 17.5 Å². The molecule has 1 aromatic rings. The highest BCUT2D eigenvalue weighted by Gasteiger charge is 2.08. The molecule has 0 amide bonds. The highest BCUT2D eigenvalue weighted by Crippen LogP contribution is 2.02. The maximum Gasteiger partial charge on any atom is 0.307 e. The van der Waals surface area contributed by atoms with E-state index < -0.39 is 0 Å². The van der Waals surface area contributed by atoms with Crippen molar-refractivity contribution in [2.45, 2.75) is 46.2 Å². The van der Waals surface area contributed by atoms with Gasteiger partial charge in [0.05, 0.1) is 19.2 Å². The van der Waals surface area contributed by atoms with Crippen LogP contribution >= 0.6 is 0 Å². The zero-order chi connectivity index (χ0) is 13.5. The largest absolute Gasteiger partial charge is 0.469 e. The van der Waals surface area contributed by atoms with Crippen LogP contribution in [-0.2, 0) is 16.1 Å². The second-order valence-corrected chi connectivity index (χ2v) is 4.64. The van der Waals surface area contributed by atoms with E-state index in [4.69, 9.17) is 0 Å². The third-order valence-corrected chi connectivity index (χ3v) is 2.84. The average Bonchev–Trinajstić information content (AvgIpc) is 2.63. The van der Waals surface area contributed by atoms with E-state index in [0.717, 1.165) is 25.2 Å². The van der Waals surface area contributed by atoms with Crippen LogP contribution in [0.4, 0.5) is 0 Å². The van der Waals surface area contributed by atoms with Crippen molar-refractivity contribution >= 4 is 5.97 Å². The monoisotopic (exact) mass is 253 g/mol. The van der Waals surface area contributed by atoms with Crippen molar-refractivity contribution < 1.29 is 9.53 Å². The van der Waals surface area contributed by atoms with Crippen molar-refractivity contribution in [3.8, 4) is 0 Å². The summed E-state index contributed by atoms with van der Waals surface area (Å²) in [4.78, 5) is 11.0. The molecule has 0 radical (unpaired) electrons. The van der Waals surface area contributed by atoms with E-state index >= 15 is 0 Å². The predicted octanol–water partition coefficient (Wildman–Crippen LogP) is 1.43. The van der Waals surface area contributed by atoms with Gasteiger partial charge in [0.25, 0.3) is 0 Å². The number of rotatable bonds is 7. The van der Waals surface area contributed by atoms with Crippen molar-refractivity contribution in [2.75, 3.05) is 13.7 Å². The number of nitrogens with one attached hydrogen (secondary N) is 1. The number of hydrogen-bond acceptors (Lipinski definition) is 4. The molecule has 1 N–H and O–H groups in total. The first kappa shape index (κ1) is 14.7. The summed E-state index contributed by atoms with van der Waals surface area (Å²) in [6.45, 7) is 7.82. The van der Waals surface area contributed by atoms with E-state index in [1.807, 2.05) is 18.5 Å². The maximum atomic E-state index is 11.0. The zero-order valence-corrected chi connectivity index (χ0v) is 11.7. The zero-order valence-electron chi connectivity index (χ0n) is 11.7. The number of hydrogen-bond donors (Lipinski definition) is 1. The molecule has 1 heterocycles. The number of carbonyl (C=O) groups excluding carboxylic acids is 1. The van der Waals surface area contributed by atoms with E-state index in [1.54, 1.807) is 0 Å². The van der Waals surface area contributed by atoms with Crippen molar-refractivity contribution in [3.63, 3.8) is 0 Å². The smallest absolute Gasteiger partial charge is 0.307 e. The van der Waals surface area contributed by atoms with Crippen LogP contribution in [-0.4, -0.2) is 35.4 Å². The molecular weight excluding hydrogens is 230 g/mol. The van der Waals surface area contributed by atoms with Crippen LogP contribution in [0.3, 0.4) is 0 Å². The Balaban J connectivity index is 2.19. The Labute approximate surface area is 109 Å². The Morgan fingerprint density at radius 2 is 2.28 bits per heavy atom. The fourth-order valence-corrected chi connectivity index (χ4v) is 1.88. The van der Waals surface area contributed by atoms with E-state index in [-0.39, 0.29) is 12.0 Å². The van der Waals surface area contributed by atoms with E-state index in [2.05, 4.69) is 28.1 Å². The Morgan fingerprint density at radius 1 is 1.56 bits per heavy atom. The molecule has 0 aliphatic carbocycles. The van der Waals surface area contributed by atoms with Crippen LogP contribution in [0.1, 0.15) is 31.2 Å². The second kappa shape index (κ2) is 7.16. The highest BCUT2D eigenvalue weighted by atomic mass is 16.5. The molecule has 1 unspecified atom stereocenters. The van der Waals surface area contributed by atoms with Gasteiger partial charge in [0.1, 0.15) is 0 Å². The molecule has 0 bridgehead atoms. The Hall–Kier alpha value is -1.36. The van der Waals surface area contributed by atoms with Crippen LogP contribution in [0.15, 0.2) is 6.07 Å². The first-order chi connectivity index (χ1) is 8.52. The molecule has 5 nitrogen and oxygen atoms in total. The SMILES string of the molecule is COC(=O)CC(C)NCCCn1nc(C)cc1C. The molecule has 1 rings (SSSR count). The third-order valence-electron chi connectivity index (χ3n) is 2.84. The minimum absolute atomic E-state index is 0.151. The minimum atomic E-state index is -0.173. The number of carbonyl (C=O) groups is 1. The summed E-state index contributed by atoms with van der Waals surface area (Å²) in [7, 11) is 1.41. The summed E-state index contributed by atoms with van der Waals surface area (Å²) in [5.74, 6) is -0.173. The van der Waals surface area contributed by atoms with Crippen LogP contribution in [0.2, 0.25) is 0 Å². The van der Waals surface area contributed by atoms with Gasteiger partial charge in [0.15, 0.2) is 0 Å². The number of esters is 1. The van der Waals surface area contributed by atoms with Gasteiger partial charge in [-0.1, -0.05) is 0 Å². The molecular formula is C13H23N3O2. The maximum absolute atomic E-state index is 11.0. The van der Waals surface area contributed by atoms with Crippen LogP contribution in [0.5, 0.6) is 0 Å². The van der Waals surface area contributed by atoms with E-state index in [1.165, 1.54) is 12.8 Å². The lowest BCUT2D eigenvalue weighted by atomic mass is 10.2. The topological polar surface area (TPSA) is 56.1 Å².